The minimum absolute atomic E-state index is 0.0424. The van der Waals surface area contributed by atoms with Gasteiger partial charge in [0.2, 0.25) is 0 Å². The lowest BCUT2D eigenvalue weighted by Crippen LogP contribution is -2.52. The Labute approximate surface area is 119 Å². The summed E-state index contributed by atoms with van der Waals surface area (Å²) in [5, 5.41) is 0. The molecule has 4 atom stereocenters. The standard InChI is InChI=1S/C18H31N/c1-16(2)9-5-10-18(4)14-8-11-17(3,19)12-13(14)6-7-15(16)18/h12,14-15H,5-11,19H2,1-4H3/t14-,15-,17+,18+/m0/s1. The zero-order chi connectivity index (χ0) is 13.9. The first-order valence-corrected chi connectivity index (χ1v) is 8.25. The van der Waals surface area contributed by atoms with Gasteiger partial charge in [-0.3, -0.25) is 0 Å². The van der Waals surface area contributed by atoms with Gasteiger partial charge in [0.25, 0.3) is 0 Å². The van der Waals surface area contributed by atoms with E-state index >= 15 is 0 Å². The topological polar surface area (TPSA) is 26.0 Å². The van der Waals surface area contributed by atoms with Crippen molar-refractivity contribution in [3.63, 3.8) is 0 Å². The summed E-state index contributed by atoms with van der Waals surface area (Å²) < 4.78 is 0. The Morgan fingerprint density at radius 2 is 1.79 bits per heavy atom. The summed E-state index contributed by atoms with van der Waals surface area (Å²) in [5.74, 6) is 1.74. The maximum Gasteiger partial charge on any atom is 0.0313 e. The van der Waals surface area contributed by atoms with Crippen LogP contribution in [0.5, 0.6) is 0 Å². The molecule has 3 rings (SSSR count). The quantitative estimate of drug-likeness (QED) is 0.630. The first-order chi connectivity index (χ1) is 8.75. The van der Waals surface area contributed by atoms with E-state index in [9.17, 15) is 0 Å². The first-order valence-electron chi connectivity index (χ1n) is 8.25. The van der Waals surface area contributed by atoms with E-state index in [-0.39, 0.29) is 5.54 Å². The van der Waals surface area contributed by atoms with Gasteiger partial charge in [-0.25, -0.2) is 0 Å². The molecule has 0 unspecified atom stereocenters. The second-order valence-corrected chi connectivity index (χ2v) is 8.76. The zero-order valence-corrected chi connectivity index (χ0v) is 13.3. The van der Waals surface area contributed by atoms with Crippen molar-refractivity contribution in [3.8, 4) is 0 Å². The molecule has 0 aromatic heterocycles. The van der Waals surface area contributed by atoms with Gasteiger partial charge in [0.1, 0.15) is 0 Å². The van der Waals surface area contributed by atoms with Crippen LogP contribution >= 0.6 is 0 Å². The third kappa shape index (κ3) is 2.09. The molecule has 1 nitrogen and oxygen atoms in total. The Bertz CT molecular complexity index is 404. The zero-order valence-electron chi connectivity index (χ0n) is 13.3. The summed E-state index contributed by atoms with van der Waals surface area (Å²) in [6, 6.07) is 0. The van der Waals surface area contributed by atoms with Gasteiger partial charge in [-0.05, 0) is 68.1 Å². The number of allylic oxidation sites excluding steroid dienone is 1. The van der Waals surface area contributed by atoms with E-state index in [0.717, 1.165) is 11.8 Å². The van der Waals surface area contributed by atoms with Crippen molar-refractivity contribution in [1.29, 1.82) is 0 Å². The molecule has 0 radical (unpaired) electrons. The highest BCUT2D eigenvalue weighted by molar-refractivity contribution is 5.25. The van der Waals surface area contributed by atoms with E-state index in [0.29, 0.717) is 10.8 Å². The van der Waals surface area contributed by atoms with Crippen molar-refractivity contribution >= 4 is 0 Å². The molecule has 0 spiro atoms. The average Bonchev–Trinajstić information content (AvgIpc) is 2.25. The van der Waals surface area contributed by atoms with Crippen molar-refractivity contribution in [1.82, 2.24) is 0 Å². The summed E-state index contributed by atoms with van der Waals surface area (Å²) in [6.07, 6.45) is 11.9. The summed E-state index contributed by atoms with van der Waals surface area (Å²) >= 11 is 0. The predicted molar refractivity (Wildman–Crippen MR) is 81.9 cm³/mol. The second kappa shape index (κ2) is 4.10. The third-order valence-corrected chi connectivity index (χ3v) is 6.73. The molecule has 0 amide bonds. The van der Waals surface area contributed by atoms with Crippen molar-refractivity contribution in [3.05, 3.63) is 11.6 Å². The molecule has 1 heteroatoms. The van der Waals surface area contributed by atoms with E-state index in [1.165, 1.54) is 44.9 Å². The molecule has 0 bridgehead atoms. The lowest BCUT2D eigenvalue weighted by Gasteiger charge is -2.59. The number of nitrogens with two attached hydrogens (primary N) is 1. The fourth-order valence-corrected chi connectivity index (χ4v) is 5.85. The van der Waals surface area contributed by atoms with Crippen LogP contribution in [-0.4, -0.2) is 5.54 Å². The van der Waals surface area contributed by atoms with Crippen LogP contribution in [0.4, 0.5) is 0 Å². The van der Waals surface area contributed by atoms with E-state index in [1.807, 2.05) is 0 Å². The smallest absolute Gasteiger partial charge is 0.0313 e. The van der Waals surface area contributed by atoms with Crippen LogP contribution in [0.1, 0.15) is 72.6 Å². The molecule has 0 aliphatic heterocycles. The minimum atomic E-state index is -0.0424. The van der Waals surface area contributed by atoms with E-state index in [1.54, 1.807) is 5.57 Å². The first kappa shape index (κ1) is 13.7. The highest BCUT2D eigenvalue weighted by Crippen LogP contribution is 2.62. The Morgan fingerprint density at radius 1 is 1.05 bits per heavy atom. The largest absolute Gasteiger partial charge is 0.322 e. The van der Waals surface area contributed by atoms with Crippen LogP contribution in [0.3, 0.4) is 0 Å². The van der Waals surface area contributed by atoms with Gasteiger partial charge in [0.05, 0.1) is 0 Å². The molecule has 0 aromatic carbocycles. The summed E-state index contributed by atoms with van der Waals surface area (Å²) in [7, 11) is 0. The van der Waals surface area contributed by atoms with Crippen LogP contribution in [0.25, 0.3) is 0 Å². The molecular weight excluding hydrogens is 230 g/mol. The van der Waals surface area contributed by atoms with Gasteiger partial charge < -0.3 is 5.73 Å². The van der Waals surface area contributed by atoms with Crippen LogP contribution in [0.15, 0.2) is 11.6 Å². The fraction of sp³-hybridized carbons (Fsp3) is 0.889. The SMILES string of the molecule is CC1(C)CCC[C@]2(C)[C@H]3CC[C@@](C)(N)C=C3CC[C@@H]12. The Kier molecular flexibility index (Phi) is 2.95. The van der Waals surface area contributed by atoms with Crippen molar-refractivity contribution < 1.29 is 0 Å². The number of fused-ring (bicyclic) bond motifs is 3. The maximum atomic E-state index is 6.37. The molecule has 2 fully saturated rings. The molecule has 0 heterocycles. The molecule has 3 aliphatic carbocycles. The number of hydrogen-bond donors (Lipinski definition) is 1. The second-order valence-electron chi connectivity index (χ2n) is 8.76. The van der Waals surface area contributed by atoms with Crippen molar-refractivity contribution in [2.75, 3.05) is 0 Å². The van der Waals surface area contributed by atoms with Gasteiger partial charge in [-0.2, -0.15) is 0 Å². The van der Waals surface area contributed by atoms with Crippen LogP contribution in [0, 0.1) is 22.7 Å². The van der Waals surface area contributed by atoms with Crippen molar-refractivity contribution in [2.45, 2.75) is 78.2 Å². The normalized spacial score (nSPS) is 49.0. The summed E-state index contributed by atoms with van der Waals surface area (Å²) in [4.78, 5) is 0. The molecule has 3 aliphatic rings. The van der Waals surface area contributed by atoms with Crippen LogP contribution in [-0.2, 0) is 0 Å². The molecule has 108 valence electrons. The van der Waals surface area contributed by atoms with E-state index in [2.05, 4.69) is 33.8 Å². The number of hydrogen-bond acceptors (Lipinski definition) is 1. The Hall–Kier alpha value is -0.300. The van der Waals surface area contributed by atoms with Gasteiger partial charge in [-0.15, -0.1) is 0 Å². The molecule has 0 aromatic rings. The molecule has 0 saturated heterocycles. The van der Waals surface area contributed by atoms with Crippen molar-refractivity contribution in [2.24, 2.45) is 28.4 Å². The number of rotatable bonds is 0. The third-order valence-electron chi connectivity index (χ3n) is 6.73. The van der Waals surface area contributed by atoms with E-state index in [4.69, 9.17) is 5.73 Å². The lowest BCUT2D eigenvalue weighted by atomic mass is 9.46. The van der Waals surface area contributed by atoms with Crippen LogP contribution in [0.2, 0.25) is 0 Å². The van der Waals surface area contributed by atoms with Gasteiger partial charge >= 0.3 is 0 Å². The monoisotopic (exact) mass is 261 g/mol. The minimum Gasteiger partial charge on any atom is -0.322 e. The van der Waals surface area contributed by atoms with E-state index < -0.39 is 0 Å². The van der Waals surface area contributed by atoms with Gasteiger partial charge in [0, 0.05) is 5.54 Å². The average molecular weight is 261 g/mol. The van der Waals surface area contributed by atoms with Crippen LogP contribution < -0.4 is 5.73 Å². The fourth-order valence-electron chi connectivity index (χ4n) is 5.85. The van der Waals surface area contributed by atoms with Gasteiger partial charge in [0.15, 0.2) is 0 Å². The predicted octanol–water partition coefficient (Wildman–Crippen LogP) is 4.67. The molecule has 2 N–H and O–H groups in total. The molecule has 19 heavy (non-hydrogen) atoms. The highest BCUT2D eigenvalue weighted by atomic mass is 14.7. The van der Waals surface area contributed by atoms with Gasteiger partial charge in [-0.1, -0.05) is 38.8 Å². The maximum absolute atomic E-state index is 6.37. The molecular formula is C18H31N. The lowest BCUT2D eigenvalue weighted by molar-refractivity contribution is -0.0579. The summed E-state index contributed by atoms with van der Waals surface area (Å²) in [6.45, 7) is 9.82. The highest BCUT2D eigenvalue weighted by Gasteiger charge is 2.53. The Balaban J connectivity index is 1.97. The summed E-state index contributed by atoms with van der Waals surface area (Å²) in [5.41, 5.74) is 9.12. The Morgan fingerprint density at radius 3 is 2.53 bits per heavy atom. The molecule has 2 saturated carbocycles.